The molecule has 2 heterocycles. The third-order valence-electron chi connectivity index (χ3n) is 6.14. The summed E-state index contributed by atoms with van der Waals surface area (Å²) in [5, 5.41) is 9.45. The van der Waals surface area contributed by atoms with Gasteiger partial charge in [-0.3, -0.25) is 9.79 Å². The Morgan fingerprint density at radius 1 is 1.19 bits per heavy atom. The van der Waals surface area contributed by atoms with Crippen molar-refractivity contribution >= 4 is 17.8 Å². The highest BCUT2D eigenvalue weighted by Crippen LogP contribution is 2.43. The Morgan fingerprint density at radius 2 is 2.08 bits per heavy atom. The van der Waals surface area contributed by atoms with Crippen LogP contribution in [0.25, 0.3) is 0 Å². The number of nitrogens with zero attached hydrogens (tertiary/aromatic N) is 2. The Labute approximate surface area is 153 Å². The van der Waals surface area contributed by atoms with Gasteiger partial charge in [-0.25, -0.2) is 0 Å². The molecule has 2 aromatic carbocycles. The molecule has 2 aliphatic heterocycles. The minimum absolute atomic E-state index is 0.0724. The molecule has 1 amide bonds. The van der Waals surface area contributed by atoms with Crippen LogP contribution in [0.2, 0.25) is 0 Å². The number of fused-ring (bicyclic) bond motifs is 4. The monoisotopic (exact) mass is 346 g/mol. The number of carbonyl (C=O) groups is 1. The number of amides is 1. The number of carbonyl (C=O) groups excluding carboxylic acids is 1. The molecular formula is C22H22N2O2. The minimum Gasteiger partial charge on any atom is -0.392 e. The van der Waals surface area contributed by atoms with E-state index in [2.05, 4.69) is 22.0 Å². The van der Waals surface area contributed by atoms with Crippen molar-refractivity contribution in [1.82, 2.24) is 4.90 Å². The number of likely N-dealkylation sites (tertiary alicyclic amines) is 1. The van der Waals surface area contributed by atoms with Gasteiger partial charge in [-0.05, 0) is 53.6 Å². The first-order valence-electron chi connectivity index (χ1n) is 9.43. The van der Waals surface area contributed by atoms with E-state index in [1.807, 2.05) is 30.5 Å². The van der Waals surface area contributed by atoms with Crippen LogP contribution in [-0.2, 0) is 19.4 Å². The molecule has 0 spiro atoms. The first-order valence-corrected chi connectivity index (χ1v) is 9.43. The zero-order valence-electron chi connectivity index (χ0n) is 14.7. The summed E-state index contributed by atoms with van der Waals surface area (Å²) in [5.41, 5.74) is 6.50. The highest BCUT2D eigenvalue weighted by Gasteiger charge is 2.41. The SMILES string of the molecule is O=C(c1ccc2c(c1)N=CC2)N1CCC[C@@H]2c3cc(CO)ccc3C[C@@H]21. The maximum absolute atomic E-state index is 13.3. The predicted molar refractivity (Wildman–Crippen MR) is 101 cm³/mol. The van der Waals surface area contributed by atoms with Crippen LogP contribution >= 0.6 is 0 Å². The first kappa shape index (κ1) is 15.8. The van der Waals surface area contributed by atoms with E-state index in [9.17, 15) is 9.90 Å². The molecule has 3 aliphatic rings. The van der Waals surface area contributed by atoms with Crippen molar-refractivity contribution in [3.63, 3.8) is 0 Å². The van der Waals surface area contributed by atoms with Gasteiger partial charge in [-0.15, -0.1) is 0 Å². The zero-order valence-corrected chi connectivity index (χ0v) is 14.7. The summed E-state index contributed by atoms with van der Waals surface area (Å²) in [5.74, 6) is 0.515. The highest BCUT2D eigenvalue weighted by atomic mass is 16.3. The van der Waals surface area contributed by atoms with Crippen LogP contribution in [0.4, 0.5) is 5.69 Å². The van der Waals surface area contributed by atoms with Gasteiger partial charge in [0.2, 0.25) is 0 Å². The highest BCUT2D eigenvalue weighted by molar-refractivity contribution is 5.96. The van der Waals surface area contributed by atoms with Crippen molar-refractivity contribution in [3.05, 3.63) is 64.2 Å². The van der Waals surface area contributed by atoms with Crippen molar-refractivity contribution < 1.29 is 9.90 Å². The number of hydrogen-bond acceptors (Lipinski definition) is 3. The topological polar surface area (TPSA) is 52.9 Å². The molecule has 132 valence electrons. The van der Waals surface area contributed by atoms with E-state index in [-0.39, 0.29) is 18.6 Å². The largest absolute Gasteiger partial charge is 0.392 e. The molecule has 0 saturated carbocycles. The first-order chi connectivity index (χ1) is 12.7. The van der Waals surface area contributed by atoms with Gasteiger partial charge in [0.1, 0.15) is 0 Å². The average Bonchev–Trinajstić information content (AvgIpc) is 3.30. The van der Waals surface area contributed by atoms with Gasteiger partial charge in [-0.2, -0.15) is 0 Å². The predicted octanol–water partition coefficient (Wildman–Crippen LogP) is 3.38. The molecule has 0 radical (unpaired) electrons. The number of aliphatic hydroxyl groups is 1. The Morgan fingerprint density at radius 3 is 2.96 bits per heavy atom. The minimum atomic E-state index is 0.0724. The number of piperidine rings is 1. The van der Waals surface area contributed by atoms with Crippen LogP contribution in [-0.4, -0.2) is 34.7 Å². The van der Waals surface area contributed by atoms with Gasteiger partial charge >= 0.3 is 0 Å². The molecule has 1 N–H and O–H groups in total. The lowest BCUT2D eigenvalue weighted by atomic mass is 9.87. The summed E-state index contributed by atoms with van der Waals surface area (Å²) in [6.07, 6.45) is 5.83. The average molecular weight is 346 g/mol. The lowest BCUT2D eigenvalue weighted by Gasteiger charge is -2.38. The van der Waals surface area contributed by atoms with E-state index in [1.54, 1.807) is 0 Å². The van der Waals surface area contributed by atoms with Crippen molar-refractivity contribution in [3.8, 4) is 0 Å². The molecule has 26 heavy (non-hydrogen) atoms. The van der Waals surface area contributed by atoms with Crippen molar-refractivity contribution in [2.24, 2.45) is 4.99 Å². The van der Waals surface area contributed by atoms with Crippen LogP contribution in [0, 0.1) is 0 Å². The maximum atomic E-state index is 13.3. The quantitative estimate of drug-likeness (QED) is 0.906. The van der Waals surface area contributed by atoms with E-state index in [1.165, 1.54) is 16.7 Å². The van der Waals surface area contributed by atoms with Crippen LogP contribution < -0.4 is 0 Å². The fourth-order valence-corrected chi connectivity index (χ4v) is 4.82. The number of hydrogen-bond donors (Lipinski definition) is 1. The molecule has 1 fully saturated rings. The van der Waals surface area contributed by atoms with Crippen molar-refractivity contribution in [2.75, 3.05) is 6.54 Å². The van der Waals surface area contributed by atoms with Gasteiger partial charge in [0.25, 0.3) is 5.91 Å². The lowest BCUT2D eigenvalue weighted by molar-refractivity contribution is 0.0595. The normalized spacial score (nSPS) is 22.9. The van der Waals surface area contributed by atoms with Gasteiger partial charge in [0.15, 0.2) is 0 Å². The fraction of sp³-hybridized carbons (Fsp3) is 0.364. The second kappa shape index (κ2) is 6.06. The number of aliphatic imine (C=N–C) groups is 1. The third-order valence-corrected chi connectivity index (χ3v) is 6.14. The molecule has 5 rings (SSSR count). The van der Waals surface area contributed by atoms with Crippen molar-refractivity contribution in [2.45, 2.75) is 44.2 Å². The fourth-order valence-electron chi connectivity index (χ4n) is 4.82. The molecule has 2 aromatic rings. The molecule has 0 bridgehead atoms. The molecule has 4 heteroatoms. The van der Waals surface area contributed by atoms with E-state index < -0.39 is 0 Å². The summed E-state index contributed by atoms with van der Waals surface area (Å²) < 4.78 is 0. The Kier molecular flexibility index (Phi) is 3.68. The van der Waals surface area contributed by atoms with Gasteiger partial charge < -0.3 is 10.0 Å². The second-order valence-electron chi connectivity index (χ2n) is 7.57. The number of rotatable bonds is 2. The second-order valence-corrected chi connectivity index (χ2v) is 7.57. The Bertz CT molecular complexity index is 918. The molecule has 2 atom stereocenters. The van der Waals surface area contributed by atoms with Crippen LogP contribution in [0.5, 0.6) is 0 Å². The summed E-state index contributed by atoms with van der Waals surface area (Å²) in [4.78, 5) is 19.7. The standard InChI is InChI=1S/C22H22N2O2/c25-13-14-3-4-16-12-21-18(19(16)10-14)2-1-9-24(21)22(26)17-6-5-15-7-8-23-20(15)11-17/h3-6,8,10-11,18,21,25H,1-2,7,9,12-13H2/t18-,21+/m1/s1. The third kappa shape index (κ3) is 2.40. The molecule has 1 saturated heterocycles. The van der Waals surface area contributed by atoms with E-state index in [4.69, 9.17) is 0 Å². The van der Waals surface area contributed by atoms with E-state index >= 15 is 0 Å². The Hall–Kier alpha value is -2.46. The van der Waals surface area contributed by atoms with Gasteiger partial charge in [-0.1, -0.05) is 24.3 Å². The smallest absolute Gasteiger partial charge is 0.254 e. The number of benzene rings is 2. The Balaban J connectivity index is 1.45. The molecule has 0 unspecified atom stereocenters. The molecule has 0 aromatic heterocycles. The van der Waals surface area contributed by atoms with Crippen LogP contribution in [0.1, 0.15) is 51.4 Å². The van der Waals surface area contributed by atoms with Gasteiger partial charge in [0, 0.05) is 36.7 Å². The summed E-state index contributed by atoms with van der Waals surface area (Å²) in [6, 6.07) is 12.4. The van der Waals surface area contributed by atoms with E-state index in [0.29, 0.717) is 5.92 Å². The van der Waals surface area contributed by atoms with E-state index in [0.717, 1.165) is 49.0 Å². The lowest BCUT2D eigenvalue weighted by Crippen LogP contribution is -2.46. The summed E-state index contributed by atoms with van der Waals surface area (Å²) >= 11 is 0. The summed E-state index contributed by atoms with van der Waals surface area (Å²) in [6.45, 7) is 0.893. The zero-order chi connectivity index (χ0) is 17.7. The van der Waals surface area contributed by atoms with Gasteiger partial charge in [0.05, 0.1) is 12.3 Å². The van der Waals surface area contributed by atoms with Crippen LogP contribution in [0.15, 0.2) is 41.4 Å². The summed E-state index contributed by atoms with van der Waals surface area (Å²) in [7, 11) is 0. The molecular weight excluding hydrogens is 324 g/mol. The molecule has 1 aliphatic carbocycles. The maximum Gasteiger partial charge on any atom is 0.254 e. The van der Waals surface area contributed by atoms with Crippen LogP contribution in [0.3, 0.4) is 0 Å². The molecule has 4 nitrogen and oxygen atoms in total. The van der Waals surface area contributed by atoms with Crippen molar-refractivity contribution in [1.29, 1.82) is 0 Å². The number of aliphatic hydroxyl groups excluding tert-OH is 1.